The minimum absolute atomic E-state index is 0.106. The molecule has 1 aliphatic rings. The first-order valence-corrected chi connectivity index (χ1v) is 7.89. The van der Waals surface area contributed by atoms with Crippen LogP contribution in [-0.2, 0) is 11.2 Å². The molecule has 23 heavy (non-hydrogen) atoms. The van der Waals surface area contributed by atoms with Crippen LogP contribution < -0.4 is 14.8 Å². The normalized spacial score (nSPS) is 15.3. The summed E-state index contributed by atoms with van der Waals surface area (Å²) in [6.45, 7) is 6.13. The highest BCUT2D eigenvalue weighted by Gasteiger charge is 2.22. The van der Waals surface area contributed by atoms with E-state index in [-0.39, 0.29) is 5.91 Å². The van der Waals surface area contributed by atoms with Crippen LogP contribution in [0.2, 0.25) is 0 Å². The number of hydrogen-bond donors (Lipinski definition) is 1. The average molecular weight is 322 g/mol. The predicted molar refractivity (Wildman–Crippen MR) is 88.6 cm³/mol. The van der Waals surface area contributed by atoms with Crippen molar-refractivity contribution < 1.29 is 19.0 Å². The highest BCUT2D eigenvalue weighted by molar-refractivity contribution is 5.97. The standard InChI is InChI=1S/C17H26N2O4/c1-12-11-14(17(20)18-2)13(16(22-4)15(12)21-3)5-6-19-7-9-23-10-8-19/h11H,5-10H2,1-4H3,(H,18,20). The van der Waals surface area contributed by atoms with Crippen LogP contribution in [0.5, 0.6) is 11.5 Å². The number of amides is 1. The van der Waals surface area contributed by atoms with E-state index in [1.54, 1.807) is 21.3 Å². The van der Waals surface area contributed by atoms with Crippen molar-refractivity contribution in [1.29, 1.82) is 0 Å². The van der Waals surface area contributed by atoms with Gasteiger partial charge in [-0.25, -0.2) is 0 Å². The Balaban J connectivity index is 2.34. The molecule has 1 heterocycles. The van der Waals surface area contributed by atoms with Crippen molar-refractivity contribution in [1.82, 2.24) is 10.2 Å². The van der Waals surface area contributed by atoms with E-state index in [9.17, 15) is 4.79 Å². The van der Waals surface area contributed by atoms with Crippen molar-refractivity contribution in [3.63, 3.8) is 0 Å². The van der Waals surface area contributed by atoms with Crippen molar-refractivity contribution >= 4 is 5.91 Å². The second kappa shape index (κ2) is 8.17. The molecule has 1 saturated heterocycles. The Labute approximate surface area is 137 Å². The highest BCUT2D eigenvalue weighted by Crippen LogP contribution is 2.37. The Morgan fingerprint density at radius 3 is 2.48 bits per heavy atom. The van der Waals surface area contributed by atoms with Crippen LogP contribution in [0.1, 0.15) is 21.5 Å². The maximum atomic E-state index is 12.3. The Bertz CT molecular complexity index is 554. The lowest BCUT2D eigenvalue weighted by Gasteiger charge is -2.27. The van der Waals surface area contributed by atoms with Gasteiger partial charge in [-0.15, -0.1) is 0 Å². The summed E-state index contributed by atoms with van der Waals surface area (Å²) >= 11 is 0. The monoisotopic (exact) mass is 322 g/mol. The molecule has 6 heteroatoms. The van der Waals surface area contributed by atoms with Gasteiger partial charge in [-0.3, -0.25) is 9.69 Å². The number of ether oxygens (including phenoxy) is 3. The van der Waals surface area contributed by atoms with Gasteiger partial charge in [0.05, 0.1) is 27.4 Å². The molecule has 0 atom stereocenters. The topological polar surface area (TPSA) is 60.0 Å². The molecule has 0 unspecified atom stereocenters. The number of nitrogens with one attached hydrogen (secondary N) is 1. The number of carbonyl (C=O) groups excluding carboxylic acids is 1. The van der Waals surface area contributed by atoms with Crippen LogP contribution >= 0.6 is 0 Å². The summed E-state index contributed by atoms with van der Waals surface area (Å²) in [5.41, 5.74) is 2.43. The second-order valence-corrected chi connectivity index (χ2v) is 5.57. The Morgan fingerprint density at radius 2 is 1.91 bits per heavy atom. The van der Waals surface area contributed by atoms with Crippen LogP contribution in [0.25, 0.3) is 0 Å². The molecule has 1 fully saturated rings. The molecule has 6 nitrogen and oxygen atoms in total. The van der Waals surface area contributed by atoms with Gasteiger partial charge in [-0.1, -0.05) is 0 Å². The van der Waals surface area contributed by atoms with Gasteiger partial charge in [-0.2, -0.15) is 0 Å². The molecule has 2 rings (SSSR count). The zero-order chi connectivity index (χ0) is 16.8. The zero-order valence-corrected chi connectivity index (χ0v) is 14.4. The molecule has 1 aromatic rings. The molecular weight excluding hydrogens is 296 g/mol. The van der Waals surface area contributed by atoms with Crippen LogP contribution in [0.15, 0.2) is 6.07 Å². The summed E-state index contributed by atoms with van der Waals surface area (Å²) in [4.78, 5) is 14.6. The quantitative estimate of drug-likeness (QED) is 0.854. The predicted octanol–water partition coefficient (Wildman–Crippen LogP) is 1.25. The van der Waals surface area contributed by atoms with Gasteiger partial charge in [0.1, 0.15) is 0 Å². The first-order valence-electron chi connectivity index (χ1n) is 7.89. The molecule has 1 aliphatic heterocycles. The molecule has 0 bridgehead atoms. The van der Waals surface area contributed by atoms with E-state index in [0.29, 0.717) is 17.1 Å². The van der Waals surface area contributed by atoms with Crippen molar-refractivity contribution in [3.8, 4) is 11.5 Å². The maximum absolute atomic E-state index is 12.3. The summed E-state index contributed by atoms with van der Waals surface area (Å²) in [6, 6.07) is 1.87. The van der Waals surface area contributed by atoms with E-state index in [2.05, 4.69) is 10.2 Å². The molecule has 1 aromatic carbocycles. The van der Waals surface area contributed by atoms with Gasteiger partial charge in [0, 0.05) is 37.8 Å². The van der Waals surface area contributed by atoms with Gasteiger partial charge in [-0.05, 0) is 25.0 Å². The minimum atomic E-state index is -0.106. The first kappa shape index (κ1) is 17.6. The lowest BCUT2D eigenvalue weighted by molar-refractivity contribution is 0.0383. The average Bonchev–Trinajstić information content (AvgIpc) is 2.59. The Kier molecular flexibility index (Phi) is 6.24. The molecule has 0 aliphatic carbocycles. The van der Waals surface area contributed by atoms with Gasteiger partial charge in [0.25, 0.3) is 5.91 Å². The van der Waals surface area contributed by atoms with Crippen LogP contribution in [0.4, 0.5) is 0 Å². The fraction of sp³-hybridized carbons (Fsp3) is 0.588. The summed E-state index contributed by atoms with van der Waals surface area (Å²) in [7, 11) is 4.87. The van der Waals surface area contributed by atoms with Crippen molar-refractivity contribution in [2.24, 2.45) is 0 Å². The first-order chi connectivity index (χ1) is 11.1. The molecule has 0 saturated carbocycles. The summed E-state index contributed by atoms with van der Waals surface area (Å²) in [5, 5.41) is 2.71. The lowest BCUT2D eigenvalue weighted by atomic mass is 9.98. The van der Waals surface area contributed by atoms with Crippen molar-refractivity contribution in [2.45, 2.75) is 13.3 Å². The largest absolute Gasteiger partial charge is 0.493 e. The Hall–Kier alpha value is -1.79. The summed E-state index contributed by atoms with van der Waals surface area (Å²) in [6.07, 6.45) is 0.725. The van der Waals surface area contributed by atoms with Gasteiger partial charge < -0.3 is 19.5 Å². The number of morpholine rings is 1. The molecule has 0 spiro atoms. The maximum Gasteiger partial charge on any atom is 0.251 e. The van der Waals surface area contributed by atoms with Gasteiger partial charge >= 0.3 is 0 Å². The molecule has 128 valence electrons. The third-order valence-corrected chi connectivity index (χ3v) is 4.19. The number of benzene rings is 1. The van der Waals surface area contributed by atoms with E-state index in [1.165, 1.54) is 0 Å². The number of rotatable bonds is 6. The van der Waals surface area contributed by atoms with Gasteiger partial charge in [0.15, 0.2) is 11.5 Å². The Morgan fingerprint density at radius 1 is 1.26 bits per heavy atom. The van der Waals surface area contributed by atoms with Gasteiger partial charge in [0.2, 0.25) is 0 Å². The molecule has 1 amide bonds. The van der Waals surface area contributed by atoms with Crippen molar-refractivity contribution in [2.75, 3.05) is 54.1 Å². The second-order valence-electron chi connectivity index (χ2n) is 5.57. The zero-order valence-electron chi connectivity index (χ0n) is 14.4. The summed E-state index contributed by atoms with van der Waals surface area (Å²) < 4.78 is 16.4. The number of methoxy groups -OCH3 is 2. The van der Waals surface area contributed by atoms with E-state index in [0.717, 1.165) is 50.4 Å². The summed E-state index contributed by atoms with van der Waals surface area (Å²) in [5.74, 6) is 1.24. The third-order valence-electron chi connectivity index (χ3n) is 4.19. The van der Waals surface area contributed by atoms with E-state index in [1.807, 2.05) is 13.0 Å². The molecule has 0 aromatic heterocycles. The lowest BCUT2D eigenvalue weighted by Crippen LogP contribution is -2.37. The number of aryl methyl sites for hydroxylation is 1. The number of hydrogen-bond acceptors (Lipinski definition) is 5. The van der Waals surface area contributed by atoms with Crippen LogP contribution in [-0.4, -0.2) is 64.9 Å². The molecule has 0 radical (unpaired) electrons. The van der Waals surface area contributed by atoms with Crippen LogP contribution in [0.3, 0.4) is 0 Å². The van der Waals surface area contributed by atoms with Crippen molar-refractivity contribution in [3.05, 3.63) is 22.8 Å². The molecule has 1 N–H and O–H groups in total. The van der Waals surface area contributed by atoms with E-state index >= 15 is 0 Å². The van der Waals surface area contributed by atoms with E-state index < -0.39 is 0 Å². The SMILES string of the molecule is CNC(=O)c1cc(C)c(OC)c(OC)c1CCN1CCOCC1. The smallest absolute Gasteiger partial charge is 0.251 e. The van der Waals surface area contributed by atoms with E-state index in [4.69, 9.17) is 14.2 Å². The highest BCUT2D eigenvalue weighted by atomic mass is 16.5. The minimum Gasteiger partial charge on any atom is -0.493 e. The number of nitrogens with zero attached hydrogens (tertiary/aromatic N) is 1. The van der Waals surface area contributed by atoms with Crippen LogP contribution in [0, 0.1) is 6.92 Å². The number of carbonyl (C=O) groups is 1. The fourth-order valence-corrected chi connectivity index (χ4v) is 2.96. The fourth-order valence-electron chi connectivity index (χ4n) is 2.96. The molecular formula is C17H26N2O4. The third kappa shape index (κ3) is 3.95.